The second-order valence-corrected chi connectivity index (χ2v) is 10.7. The second kappa shape index (κ2) is 12.7. The van der Waals surface area contributed by atoms with Crippen molar-refractivity contribution in [1.29, 1.82) is 0 Å². The van der Waals surface area contributed by atoms with Crippen LogP contribution in [0.4, 0.5) is 0 Å². The predicted octanol–water partition coefficient (Wildman–Crippen LogP) is 3.17. The fourth-order valence-corrected chi connectivity index (χ4v) is 5.65. The second-order valence-electron chi connectivity index (χ2n) is 10.7. The number of benzene rings is 1. The minimum Gasteiger partial charge on any atom is -0.494 e. The normalized spacial score (nSPS) is 20.1. The van der Waals surface area contributed by atoms with Crippen molar-refractivity contribution in [1.82, 2.24) is 24.7 Å². The van der Waals surface area contributed by atoms with Crippen LogP contribution in [-0.4, -0.2) is 90.8 Å². The van der Waals surface area contributed by atoms with Crippen LogP contribution in [0.2, 0.25) is 0 Å². The lowest BCUT2D eigenvalue weighted by Gasteiger charge is -2.39. The number of para-hydroxylation sites is 1. The summed E-state index contributed by atoms with van der Waals surface area (Å²) < 4.78 is 12.8. The van der Waals surface area contributed by atoms with E-state index in [9.17, 15) is 9.59 Å². The van der Waals surface area contributed by atoms with Gasteiger partial charge in [-0.25, -0.2) is 4.98 Å². The third-order valence-electron chi connectivity index (χ3n) is 7.49. The highest BCUT2D eigenvalue weighted by atomic mass is 16.5. The number of likely N-dealkylation sites (tertiary alicyclic amines) is 1. The van der Waals surface area contributed by atoms with Crippen LogP contribution in [0.5, 0.6) is 5.75 Å². The Morgan fingerprint density at radius 1 is 1.16 bits per heavy atom. The van der Waals surface area contributed by atoms with Crippen molar-refractivity contribution in [2.45, 2.75) is 58.5 Å². The van der Waals surface area contributed by atoms with Crippen LogP contribution in [0.15, 0.2) is 18.2 Å². The number of nitrogens with zero attached hydrogens (tertiary/aromatic N) is 4. The highest BCUT2D eigenvalue weighted by Gasteiger charge is 2.37. The molecule has 2 aliphatic rings. The van der Waals surface area contributed by atoms with Crippen molar-refractivity contribution >= 4 is 22.8 Å². The van der Waals surface area contributed by atoms with Gasteiger partial charge in [-0.1, -0.05) is 19.9 Å². The van der Waals surface area contributed by atoms with E-state index in [0.29, 0.717) is 56.3 Å². The molecular weight excluding hydrogens is 470 g/mol. The smallest absolute Gasteiger partial charge is 0.290 e. The van der Waals surface area contributed by atoms with Gasteiger partial charge in [0.25, 0.3) is 5.91 Å². The summed E-state index contributed by atoms with van der Waals surface area (Å²) in [6.07, 6.45) is 4.61. The number of rotatable bonds is 11. The number of aromatic nitrogens is 2. The van der Waals surface area contributed by atoms with Gasteiger partial charge in [0, 0.05) is 59.0 Å². The van der Waals surface area contributed by atoms with Crippen molar-refractivity contribution in [2.75, 3.05) is 53.6 Å². The number of hydrogen-bond donors (Lipinski definition) is 1. The van der Waals surface area contributed by atoms with Gasteiger partial charge < -0.3 is 29.2 Å². The van der Waals surface area contributed by atoms with Crippen molar-refractivity contribution in [3.05, 3.63) is 24.0 Å². The number of amides is 2. The molecular formula is C28H43N5O4. The molecule has 1 aromatic carbocycles. The van der Waals surface area contributed by atoms with Crippen molar-refractivity contribution in [3.8, 4) is 5.75 Å². The molecule has 0 radical (unpaired) electrons. The Morgan fingerprint density at radius 3 is 2.65 bits per heavy atom. The van der Waals surface area contributed by atoms with Gasteiger partial charge in [0.2, 0.25) is 5.91 Å². The van der Waals surface area contributed by atoms with Gasteiger partial charge in [0.05, 0.1) is 18.5 Å². The first-order chi connectivity index (χ1) is 17.9. The number of methoxy groups -OCH3 is 2. The molecule has 9 nitrogen and oxygen atoms in total. The fourth-order valence-electron chi connectivity index (χ4n) is 5.65. The van der Waals surface area contributed by atoms with E-state index in [4.69, 9.17) is 14.5 Å². The highest BCUT2D eigenvalue weighted by Crippen LogP contribution is 2.28. The first-order valence-corrected chi connectivity index (χ1v) is 13.8. The molecule has 4 rings (SSSR count). The Hall–Kier alpha value is -2.65. The summed E-state index contributed by atoms with van der Waals surface area (Å²) in [5.74, 6) is 1.42. The molecule has 204 valence electrons. The molecule has 0 spiro atoms. The maximum absolute atomic E-state index is 14.2. The zero-order valence-electron chi connectivity index (χ0n) is 22.9. The first-order valence-electron chi connectivity index (χ1n) is 13.8. The molecule has 2 amide bonds. The number of carbonyl (C=O) groups is 2. The Labute approximate surface area is 220 Å². The molecule has 1 N–H and O–H groups in total. The minimum atomic E-state index is -0.104. The number of unbranched alkanes of at least 4 members (excludes halogenated alkanes) is 1. The standard InChI is InChI=1S/C28H43N5O4/c1-20(2)19-33(22-16-21(17-29-18-22)27(34)31-12-5-6-13-31)28(35)26-30-25-23(10-9-11-24(25)37-4)32(26)14-7-8-15-36-3/h9-11,20-22,29H,5-8,12-19H2,1-4H3/t21-,22+/m1/s1. The molecule has 0 aliphatic carbocycles. The highest BCUT2D eigenvalue weighted by molar-refractivity contribution is 5.96. The Balaban J connectivity index is 1.63. The zero-order valence-corrected chi connectivity index (χ0v) is 22.9. The monoisotopic (exact) mass is 513 g/mol. The van der Waals surface area contributed by atoms with Crippen molar-refractivity contribution in [3.63, 3.8) is 0 Å². The summed E-state index contributed by atoms with van der Waals surface area (Å²) in [6, 6.07) is 5.75. The largest absolute Gasteiger partial charge is 0.494 e. The van der Waals surface area contributed by atoms with Gasteiger partial charge >= 0.3 is 0 Å². The fraction of sp³-hybridized carbons (Fsp3) is 0.679. The number of imidazole rings is 1. The molecule has 0 unspecified atom stereocenters. The molecule has 2 fully saturated rings. The Bertz CT molecular complexity index is 1060. The van der Waals surface area contributed by atoms with Crippen molar-refractivity contribution in [2.24, 2.45) is 11.8 Å². The van der Waals surface area contributed by atoms with Crippen LogP contribution in [0.25, 0.3) is 11.0 Å². The van der Waals surface area contributed by atoms with Gasteiger partial charge in [-0.15, -0.1) is 0 Å². The third kappa shape index (κ3) is 6.26. The maximum atomic E-state index is 14.2. The molecule has 2 saturated heterocycles. The Kier molecular flexibility index (Phi) is 9.43. The predicted molar refractivity (Wildman–Crippen MR) is 144 cm³/mol. The minimum absolute atomic E-state index is 0.0659. The van der Waals surface area contributed by atoms with E-state index < -0.39 is 0 Å². The third-order valence-corrected chi connectivity index (χ3v) is 7.49. The molecule has 0 bridgehead atoms. The zero-order chi connectivity index (χ0) is 26.4. The number of nitrogens with one attached hydrogen (secondary N) is 1. The van der Waals surface area contributed by atoms with Crippen LogP contribution in [0.1, 0.15) is 56.6 Å². The first kappa shape index (κ1) is 27.4. The average molecular weight is 514 g/mol. The van der Waals surface area contributed by atoms with Crippen LogP contribution >= 0.6 is 0 Å². The topological polar surface area (TPSA) is 88.9 Å². The van der Waals surface area contributed by atoms with Gasteiger partial charge in [-0.05, 0) is 50.2 Å². The summed E-state index contributed by atoms with van der Waals surface area (Å²) in [5.41, 5.74) is 1.60. The summed E-state index contributed by atoms with van der Waals surface area (Å²) in [5, 5.41) is 3.45. The number of hydrogen-bond acceptors (Lipinski definition) is 6. The summed E-state index contributed by atoms with van der Waals surface area (Å²) >= 11 is 0. The van der Waals surface area contributed by atoms with E-state index in [1.807, 2.05) is 32.6 Å². The van der Waals surface area contributed by atoms with Crippen LogP contribution in [0.3, 0.4) is 0 Å². The SMILES string of the molecule is COCCCCn1c(C(=O)N(CC(C)C)[C@@H]2CNC[C@H](C(=O)N3CCCC3)C2)nc2c(OC)cccc21. The van der Waals surface area contributed by atoms with E-state index >= 15 is 0 Å². The van der Waals surface area contributed by atoms with Gasteiger partial charge in [0.1, 0.15) is 11.3 Å². The van der Waals surface area contributed by atoms with Crippen LogP contribution < -0.4 is 10.1 Å². The lowest BCUT2D eigenvalue weighted by atomic mass is 9.92. The Morgan fingerprint density at radius 2 is 1.95 bits per heavy atom. The van der Waals surface area contributed by atoms with E-state index in [1.54, 1.807) is 14.2 Å². The number of ether oxygens (including phenoxy) is 2. The van der Waals surface area contributed by atoms with Gasteiger partial charge in [-0.3, -0.25) is 9.59 Å². The molecule has 9 heteroatoms. The number of fused-ring (bicyclic) bond motifs is 1. The number of piperidine rings is 1. The van der Waals surface area contributed by atoms with Gasteiger partial charge in [-0.2, -0.15) is 0 Å². The van der Waals surface area contributed by atoms with Crippen LogP contribution in [-0.2, 0) is 16.1 Å². The molecule has 2 aliphatic heterocycles. The van der Waals surface area contributed by atoms with Crippen molar-refractivity contribution < 1.29 is 19.1 Å². The summed E-state index contributed by atoms with van der Waals surface area (Å²) in [4.78, 5) is 36.2. The van der Waals surface area contributed by atoms with Crippen LogP contribution in [0, 0.1) is 11.8 Å². The average Bonchev–Trinajstić information content (AvgIpc) is 3.57. The van der Waals surface area contributed by atoms with E-state index in [2.05, 4.69) is 19.2 Å². The quantitative estimate of drug-likeness (QED) is 0.465. The van der Waals surface area contributed by atoms with Gasteiger partial charge in [0.15, 0.2) is 5.82 Å². The van der Waals surface area contributed by atoms with E-state index in [1.165, 1.54) is 0 Å². The number of carbonyl (C=O) groups excluding carboxylic acids is 2. The maximum Gasteiger partial charge on any atom is 0.290 e. The molecule has 2 atom stereocenters. The number of aryl methyl sites for hydroxylation is 1. The molecule has 1 aromatic heterocycles. The molecule has 2 aromatic rings. The van der Waals surface area contributed by atoms with E-state index in [-0.39, 0.29) is 29.7 Å². The lowest BCUT2D eigenvalue weighted by Crippen LogP contribution is -2.55. The van der Waals surface area contributed by atoms with E-state index in [0.717, 1.165) is 44.3 Å². The lowest BCUT2D eigenvalue weighted by molar-refractivity contribution is -0.135. The molecule has 37 heavy (non-hydrogen) atoms. The molecule has 0 saturated carbocycles. The summed E-state index contributed by atoms with van der Waals surface area (Å²) in [6.45, 7) is 9.26. The summed E-state index contributed by atoms with van der Waals surface area (Å²) in [7, 11) is 3.33. The molecule has 3 heterocycles.